The Hall–Kier alpha value is -3.55. The molecule has 0 aliphatic rings. The van der Waals surface area contributed by atoms with Gasteiger partial charge in [-0.05, 0) is 30.3 Å². The Morgan fingerprint density at radius 2 is 1.65 bits per heavy atom. The van der Waals surface area contributed by atoms with Gasteiger partial charge in [0, 0.05) is 23.6 Å². The second kappa shape index (κ2) is 6.40. The van der Waals surface area contributed by atoms with Crippen LogP contribution in [0.2, 0.25) is 0 Å². The number of ether oxygens (including phenoxy) is 1. The summed E-state index contributed by atoms with van der Waals surface area (Å²) < 4.78 is 36.4. The molecule has 26 heavy (non-hydrogen) atoms. The lowest BCUT2D eigenvalue weighted by Crippen LogP contribution is -2.00. The van der Waals surface area contributed by atoms with E-state index in [2.05, 4.69) is 15.2 Å². The first-order valence-electron chi connectivity index (χ1n) is 7.69. The summed E-state index contributed by atoms with van der Waals surface area (Å²) >= 11 is 0. The third kappa shape index (κ3) is 2.71. The number of nitrogens with zero attached hydrogens (tertiary/aromatic N) is 5. The molecule has 0 radical (unpaired) electrons. The predicted octanol–water partition coefficient (Wildman–Crippen LogP) is 3.41. The minimum atomic E-state index is -0.782. The lowest BCUT2D eigenvalue weighted by Gasteiger charge is -2.11. The summed E-state index contributed by atoms with van der Waals surface area (Å²) in [6, 6.07) is 9.93. The molecule has 2 aromatic heterocycles. The van der Waals surface area contributed by atoms with Gasteiger partial charge < -0.3 is 4.74 Å². The Bertz CT molecular complexity index is 1040. The minimum absolute atomic E-state index is 0.306. The number of hydrogen-bond acceptors (Lipinski definition) is 4. The van der Waals surface area contributed by atoms with Crippen molar-refractivity contribution in [1.82, 2.24) is 24.3 Å². The average molecular weight is 353 g/mol. The van der Waals surface area contributed by atoms with Crippen molar-refractivity contribution < 1.29 is 13.5 Å². The molecule has 2 aromatic carbocycles. The number of imidazole rings is 1. The summed E-state index contributed by atoms with van der Waals surface area (Å²) in [5.74, 6) is -1.57. The third-order valence-corrected chi connectivity index (χ3v) is 3.93. The molecule has 2 heterocycles. The van der Waals surface area contributed by atoms with Crippen molar-refractivity contribution in [2.45, 2.75) is 0 Å². The number of benzene rings is 2. The lowest BCUT2D eigenvalue weighted by molar-refractivity contribution is 0.360. The first kappa shape index (κ1) is 15.9. The van der Waals surface area contributed by atoms with Crippen molar-refractivity contribution in [2.75, 3.05) is 7.11 Å². The monoisotopic (exact) mass is 353 g/mol. The van der Waals surface area contributed by atoms with Crippen LogP contribution in [0.25, 0.3) is 22.8 Å². The fourth-order valence-corrected chi connectivity index (χ4v) is 2.75. The first-order chi connectivity index (χ1) is 12.7. The van der Waals surface area contributed by atoms with Gasteiger partial charge in [0.2, 0.25) is 0 Å². The van der Waals surface area contributed by atoms with E-state index in [0.717, 1.165) is 11.4 Å². The van der Waals surface area contributed by atoms with Crippen LogP contribution in [0.3, 0.4) is 0 Å². The molecule has 8 heteroatoms. The molecule has 4 aromatic rings. The molecule has 6 nitrogen and oxygen atoms in total. The van der Waals surface area contributed by atoms with Crippen molar-refractivity contribution in [3.63, 3.8) is 0 Å². The highest BCUT2D eigenvalue weighted by Crippen LogP contribution is 2.29. The van der Waals surface area contributed by atoms with Crippen LogP contribution < -0.4 is 4.74 Å². The van der Waals surface area contributed by atoms with Crippen LogP contribution in [0.1, 0.15) is 0 Å². The fourth-order valence-electron chi connectivity index (χ4n) is 2.75. The van der Waals surface area contributed by atoms with E-state index in [1.807, 2.05) is 24.3 Å². The molecule has 0 aliphatic carbocycles. The van der Waals surface area contributed by atoms with Gasteiger partial charge >= 0.3 is 0 Å². The normalized spacial score (nSPS) is 10.9. The summed E-state index contributed by atoms with van der Waals surface area (Å²) in [6.45, 7) is 0. The van der Waals surface area contributed by atoms with E-state index in [1.54, 1.807) is 34.2 Å². The zero-order valence-electron chi connectivity index (χ0n) is 13.7. The number of methoxy groups -OCH3 is 1. The number of hydrogen-bond donors (Lipinski definition) is 0. The van der Waals surface area contributed by atoms with Gasteiger partial charge in [-0.2, -0.15) is 0 Å². The fraction of sp³-hybridized carbons (Fsp3) is 0.0556. The van der Waals surface area contributed by atoms with Crippen molar-refractivity contribution in [3.05, 3.63) is 73.1 Å². The molecule has 0 amide bonds. The second-order valence-corrected chi connectivity index (χ2v) is 5.48. The molecule has 0 saturated heterocycles. The van der Waals surface area contributed by atoms with E-state index in [-0.39, 0.29) is 0 Å². The van der Waals surface area contributed by atoms with Crippen LogP contribution >= 0.6 is 0 Å². The van der Waals surface area contributed by atoms with E-state index in [9.17, 15) is 8.78 Å². The number of rotatable bonds is 4. The molecule has 0 atom stereocenters. The van der Waals surface area contributed by atoms with Gasteiger partial charge in [-0.25, -0.2) is 13.8 Å². The van der Waals surface area contributed by atoms with Crippen molar-refractivity contribution in [2.24, 2.45) is 0 Å². The minimum Gasteiger partial charge on any atom is -0.491 e. The summed E-state index contributed by atoms with van der Waals surface area (Å²) in [6.07, 6.45) is 6.46. The smallest absolute Gasteiger partial charge is 0.190 e. The summed E-state index contributed by atoms with van der Waals surface area (Å²) in [4.78, 5) is 4.25. The van der Waals surface area contributed by atoms with Crippen LogP contribution in [0, 0.1) is 11.6 Å². The van der Waals surface area contributed by atoms with Gasteiger partial charge in [-0.3, -0.25) is 9.13 Å². The topological polar surface area (TPSA) is 57.8 Å². The van der Waals surface area contributed by atoms with Gasteiger partial charge in [0.05, 0.1) is 12.8 Å². The van der Waals surface area contributed by atoms with E-state index >= 15 is 0 Å². The summed E-state index contributed by atoms with van der Waals surface area (Å²) in [5, 5.41) is 7.58. The van der Waals surface area contributed by atoms with Gasteiger partial charge in [0.25, 0.3) is 0 Å². The second-order valence-electron chi connectivity index (χ2n) is 5.48. The third-order valence-electron chi connectivity index (χ3n) is 3.93. The maximum absolute atomic E-state index is 14.1. The largest absolute Gasteiger partial charge is 0.491 e. The zero-order valence-corrected chi connectivity index (χ0v) is 13.7. The summed E-state index contributed by atoms with van der Waals surface area (Å²) in [5.41, 5.74) is 1.93. The van der Waals surface area contributed by atoms with E-state index in [1.165, 1.54) is 19.2 Å². The first-order valence-corrected chi connectivity index (χ1v) is 7.69. The quantitative estimate of drug-likeness (QED) is 0.564. The van der Waals surface area contributed by atoms with E-state index in [0.29, 0.717) is 11.4 Å². The number of aromatic nitrogens is 5. The molecule has 0 saturated carbocycles. The number of halogens is 2. The lowest BCUT2D eigenvalue weighted by atomic mass is 10.1. The van der Waals surface area contributed by atoms with Crippen molar-refractivity contribution in [1.29, 1.82) is 0 Å². The Morgan fingerprint density at radius 1 is 0.962 bits per heavy atom. The maximum atomic E-state index is 14.1. The van der Waals surface area contributed by atoms with Crippen LogP contribution in [-0.2, 0) is 0 Å². The van der Waals surface area contributed by atoms with E-state index in [4.69, 9.17) is 4.74 Å². The standard InChI is InChI=1S/C18H13F2N5O/c1-26-17-15(19)7-12(8-16(17)20)18-21-5-6-25(18)14-4-2-3-13(9-14)24-10-22-23-11-24/h2-11H,1H3. The van der Waals surface area contributed by atoms with Crippen molar-refractivity contribution in [3.8, 4) is 28.5 Å². The predicted molar refractivity (Wildman–Crippen MR) is 90.4 cm³/mol. The molecular formula is C18H13F2N5O. The Balaban J connectivity index is 1.80. The summed E-state index contributed by atoms with van der Waals surface area (Å²) in [7, 11) is 1.22. The highest BCUT2D eigenvalue weighted by atomic mass is 19.1. The molecule has 0 unspecified atom stereocenters. The maximum Gasteiger partial charge on any atom is 0.190 e. The highest BCUT2D eigenvalue weighted by Gasteiger charge is 2.16. The molecular weight excluding hydrogens is 340 g/mol. The molecule has 0 fully saturated rings. The zero-order chi connectivity index (χ0) is 18.1. The molecule has 0 aliphatic heterocycles. The van der Waals surface area contributed by atoms with Crippen LogP contribution in [-0.4, -0.2) is 31.4 Å². The Labute approximate surface area is 147 Å². The molecule has 0 spiro atoms. The van der Waals surface area contributed by atoms with E-state index < -0.39 is 17.4 Å². The molecule has 4 rings (SSSR count). The highest BCUT2D eigenvalue weighted by molar-refractivity contribution is 5.61. The van der Waals surface area contributed by atoms with Crippen molar-refractivity contribution >= 4 is 0 Å². The SMILES string of the molecule is COc1c(F)cc(-c2nccn2-c2cccc(-n3cnnc3)c2)cc1F. The van der Waals surface area contributed by atoms with Crippen LogP contribution in [0.15, 0.2) is 61.4 Å². The van der Waals surface area contributed by atoms with Gasteiger partial charge in [0.1, 0.15) is 18.5 Å². The van der Waals surface area contributed by atoms with Crippen LogP contribution in [0.5, 0.6) is 5.75 Å². The Morgan fingerprint density at radius 3 is 2.35 bits per heavy atom. The Kier molecular flexibility index (Phi) is 3.92. The van der Waals surface area contributed by atoms with Gasteiger partial charge in [-0.1, -0.05) is 6.07 Å². The van der Waals surface area contributed by atoms with Crippen LogP contribution in [0.4, 0.5) is 8.78 Å². The average Bonchev–Trinajstić information content (AvgIpc) is 3.33. The molecule has 0 bridgehead atoms. The molecule has 0 N–H and O–H groups in total. The van der Waals surface area contributed by atoms with Gasteiger partial charge in [0.15, 0.2) is 17.4 Å². The van der Waals surface area contributed by atoms with Gasteiger partial charge in [-0.15, -0.1) is 10.2 Å². The molecule has 130 valence electrons.